The van der Waals surface area contributed by atoms with Crippen molar-refractivity contribution in [2.75, 3.05) is 7.11 Å². The summed E-state index contributed by atoms with van der Waals surface area (Å²) >= 11 is 1.45. The van der Waals surface area contributed by atoms with E-state index in [0.29, 0.717) is 0 Å². The first-order valence-corrected chi connectivity index (χ1v) is 6.88. The number of ether oxygens (including phenoxy) is 1. The molecule has 1 aromatic heterocycles. The van der Waals surface area contributed by atoms with Gasteiger partial charge in [-0.3, -0.25) is 0 Å². The zero-order valence-corrected chi connectivity index (χ0v) is 11.2. The number of thiophene rings is 1. The van der Waals surface area contributed by atoms with E-state index in [0.717, 1.165) is 29.7 Å². The summed E-state index contributed by atoms with van der Waals surface area (Å²) in [4.78, 5) is 12.3. The summed E-state index contributed by atoms with van der Waals surface area (Å²) in [6, 6.07) is 12.4. The van der Waals surface area contributed by atoms with Crippen LogP contribution in [-0.2, 0) is 17.6 Å². The Morgan fingerprint density at radius 3 is 2.67 bits per heavy atom. The lowest BCUT2D eigenvalue weighted by atomic mass is 10.0. The molecular formula is C15H16O2S. The second kappa shape index (κ2) is 6.36. The van der Waals surface area contributed by atoms with Crippen molar-refractivity contribution < 1.29 is 9.53 Å². The maximum atomic E-state index is 11.5. The Balaban J connectivity index is 1.91. The van der Waals surface area contributed by atoms with Crippen molar-refractivity contribution in [1.82, 2.24) is 0 Å². The Morgan fingerprint density at radius 2 is 1.94 bits per heavy atom. The van der Waals surface area contributed by atoms with Gasteiger partial charge in [0.1, 0.15) is 4.88 Å². The fourth-order valence-electron chi connectivity index (χ4n) is 1.93. The molecule has 0 fully saturated rings. The molecule has 0 saturated carbocycles. The zero-order valence-electron chi connectivity index (χ0n) is 10.4. The number of rotatable bonds is 5. The highest BCUT2D eigenvalue weighted by Gasteiger charge is 2.12. The predicted octanol–water partition coefficient (Wildman–Crippen LogP) is 3.71. The van der Waals surface area contributed by atoms with Gasteiger partial charge in [0.05, 0.1) is 7.11 Å². The number of carbonyl (C=O) groups excluding carboxylic acids is 1. The molecule has 1 heterocycles. The summed E-state index contributed by atoms with van der Waals surface area (Å²) in [5.74, 6) is -0.222. The first-order valence-electron chi connectivity index (χ1n) is 6.00. The first kappa shape index (κ1) is 12.8. The maximum absolute atomic E-state index is 11.5. The molecule has 0 aliphatic rings. The molecular weight excluding hydrogens is 244 g/mol. The topological polar surface area (TPSA) is 26.3 Å². The van der Waals surface area contributed by atoms with E-state index < -0.39 is 0 Å². The normalized spacial score (nSPS) is 10.3. The van der Waals surface area contributed by atoms with Crippen LogP contribution < -0.4 is 0 Å². The van der Waals surface area contributed by atoms with Crippen molar-refractivity contribution in [2.24, 2.45) is 0 Å². The van der Waals surface area contributed by atoms with Crippen LogP contribution in [0.1, 0.15) is 27.2 Å². The lowest BCUT2D eigenvalue weighted by Gasteiger charge is -2.03. The molecule has 0 aliphatic heterocycles. The monoisotopic (exact) mass is 260 g/mol. The Kier molecular flexibility index (Phi) is 4.53. The van der Waals surface area contributed by atoms with Crippen molar-refractivity contribution in [2.45, 2.75) is 19.3 Å². The van der Waals surface area contributed by atoms with Gasteiger partial charge >= 0.3 is 5.97 Å². The van der Waals surface area contributed by atoms with Crippen molar-refractivity contribution >= 4 is 17.3 Å². The van der Waals surface area contributed by atoms with Crippen LogP contribution in [0, 0.1) is 0 Å². The van der Waals surface area contributed by atoms with Crippen LogP contribution in [0.3, 0.4) is 0 Å². The Bertz CT molecular complexity index is 502. The van der Waals surface area contributed by atoms with Crippen LogP contribution >= 0.6 is 11.3 Å². The van der Waals surface area contributed by atoms with Crippen LogP contribution in [0.15, 0.2) is 41.8 Å². The SMILES string of the molecule is COC(=O)c1sccc1CCCc1ccccc1. The van der Waals surface area contributed by atoms with Crippen molar-refractivity contribution in [3.63, 3.8) is 0 Å². The number of esters is 1. The number of benzene rings is 1. The lowest BCUT2D eigenvalue weighted by molar-refractivity contribution is 0.0605. The molecule has 18 heavy (non-hydrogen) atoms. The third-order valence-corrected chi connectivity index (χ3v) is 3.81. The number of hydrogen-bond donors (Lipinski definition) is 0. The van der Waals surface area contributed by atoms with Crippen LogP contribution in [0.4, 0.5) is 0 Å². The predicted molar refractivity (Wildman–Crippen MR) is 74.1 cm³/mol. The third-order valence-electron chi connectivity index (χ3n) is 2.87. The lowest BCUT2D eigenvalue weighted by Crippen LogP contribution is -2.02. The molecule has 0 radical (unpaired) electrons. The van der Waals surface area contributed by atoms with Gasteiger partial charge in [-0.05, 0) is 41.8 Å². The molecule has 3 heteroatoms. The Hall–Kier alpha value is -1.61. The molecule has 0 spiro atoms. The summed E-state index contributed by atoms with van der Waals surface area (Å²) in [6.07, 6.45) is 3.00. The van der Waals surface area contributed by atoms with Crippen LogP contribution in [0.2, 0.25) is 0 Å². The highest BCUT2D eigenvalue weighted by atomic mass is 32.1. The Morgan fingerprint density at radius 1 is 1.17 bits per heavy atom. The number of hydrogen-bond acceptors (Lipinski definition) is 3. The van der Waals surface area contributed by atoms with Crippen LogP contribution in [-0.4, -0.2) is 13.1 Å². The van der Waals surface area contributed by atoms with Crippen LogP contribution in [0.5, 0.6) is 0 Å². The van der Waals surface area contributed by atoms with Gasteiger partial charge in [0.15, 0.2) is 0 Å². The highest BCUT2D eigenvalue weighted by Crippen LogP contribution is 2.20. The number of carbonyl (C=O) groups is 1. The highest BCUT2D eigenvalue weighted by molar-refractivity contribution is 7.12. The van der Waals surface area contributed by atoms with Crippen molar-refractivity contribution in [3.8, 4) is 0 Å². The maximum Gasteiger partial charge on any atom is 0.348 e. The van der Waals surface area contributed by atoms with E-state index in [1.54, 1.807) is 0 Å². The van der Waals surface area contributed by atoms with Gasteiger partial charge < -0.3 is 4.74 Å². The van der Waals surface area contributed by atoms with Gasteiger partial charge in [-0.15, -0.1) is 11.3 Å². The van der Waals surface area contributed by atoms with Crippen molar-refractivity contribution in [3.05, 3.63) is 57.8 Å². The molecule has 1 aromatic carbocycles. The molecule has 0 aliphatic carbocycles. The van der Waals surface area contributed by atoms with Crippen molar-refractivity contribution in [1.29, 1.82) is 0 Å². The minimum atomic E-state index is -0.222. The molecule has 2 rings (SSSR count). The summed E-state index contributed by atoms with van der Waals surface area (Å²) in [6.45, 7) is 0. The van der Waals surface area contributed by atoms with E-state index in [4.69, 9.17) is 4.74 Å². The van der Waals surface area contributed by atoms with E-state index in [9.17, 15) is 4.79 Å². The fraction of sp³-hybridized carbons (Fsp3) is 0.267. The van der Waals surface area contributed by atoms with Gasteiger partial charge in [0, 0.05) is 0 Å². The number of methoxy groups -OCH3 is 1. The quantitative estimate of drug-likeness (QED) is 0.766. The molecule has 0 bridgehead atoms. The van der Waals surface area contributed by atoms with Crippen LogP contribution in [0.25, 0.3) is 0 Å². The average Bonchev–Trinajstić information content (AvgIpc) is 2.87. The van der Waals surface area contributed by atoms with E-state index in [1.165, 1.54) is 24.0 Å². The van der Waals surface area contributed by atoms with Gasteiger partial charge in [-0.1, -0.05) is 30.3 Å². The van der Waals surface area contributed by atoms with Gasteiger partial charge in [0.25, 0.3) is 0 Å². The van der Waals surface area contributed by atoms with Gasteiger partial charge in [-0.2, -0.15) is 0 Å². The summed E-state index contributed by atoms with van der Waals surface area (Å²) in [5, 5.41) is 1.95. The smallest absolute Gasteiger partial charge is 0.348 e. The largest absolute Gasteiger partial charge is 0.465 e. The molecule has 0 atom stereocenters. The third kappa shape index (κ3) is 3.20. The summed E-state index contributed by atoms with van der Waals surface area (Å²) < 4.78 is 4.77. The molecule has 94 valence electrons. The standard InChI is InChI=1S/C15H16O2S/c1-17-15(16)14-13(10-11-18-14)9-5-8-12-6-3-2-4-7-12/h2-4,6-7,10-11H,5,8-9H2,1H3. The minimum absolute atomic E-state index is 0.222. The van der Waals surface area contributed by atoms with Gasteiger partial charge in [-0.25, -0.2) is 4.79 Å². The summed E-state index contributed by atoms with van der Waals surface area (Å²) in [7, 11) is 1.43. The molecule has 0 unspecified atom stereocenters. The molecule has 2 aromatic rings. The van der Waals surface area contributed by atoms with E-state index in [1.807, 2.05) is 17.5 Å². The number of aryl methyl sites for hydroxylation is 2. The molecule has 0 saturated heterocycles. The van der Waals surface area contributed by atoms with E-state index in [2.05, 4.69) is 24.3 Å². The summed E-state index contributed by atoms with van der Waals surface area (Å²) in [5.41, 5.74) is 2.44. The minimum Gasteiger partial charge on any atom is -0.465 e. The second-order valence-electron chi connectivity index (χ2n) is 4.11. The zero-order chi connectivity index (χ0) is 12.8. The van der Waals surface area contributed by atoms with E-state index in [-0.39, 0.29) is 5.97 Å². The van der Waals surface area contributed by atoms with Gasteiger partial charge in [0.2, 0.25) is 0 Å². The molecule has 0 amide bonds. The second-order valence-corrected chi connectivity index (χ2v) is 5.02. The molecule has 2 nitrogen and oxygen atoms in total. The Labute approximate surface area is 111 Å². The molecule has 0 N–H and O–H groups in total. The first-order chi connectivity index (χ1) is 8.81. The fourth-order valence-corrected chi connectivity index (χ4v) is 2.80. The average molecular weight is 260 g/mol. The van der Waals surface area contributed by atoms with E-state index >= 15 is 0 Å².